The number of dihydropyridines is 1. The number of nitrogens with zero attached hydrogens (tertiary/aromatic N) is 1. The molecule has 0 saturated heterocycles. The van der Waals surface area contributed by atoms with Crippen LogP contribution in [0.5, 0.6) is 0 Å². The lowest BCUT2D eigenvalue weighted by Gasteiger charge is -2.28. The van der Waals surface area contributed by atoms with Gasteiger partial charge in [0.2, 0.25) is 5.91 Å². The third-order valence-electron chi connectivity index (χ3n) is 5.23. The van der Waals surface area contributed by atoms with Crippen molar-refractivity contribution in [3.63, 3.8) is 0 Å². The molecule has 1 unspecified atom stereocenters. The van der Waals surface area contributed by atoms with Gasteiger partial charge >= 0.3 is 0 Å². The summed E-state index contributed by atoms with van der Waals surface area (Å²) in [5, 5.41) is 19.2. The number of hydrogen-bond acceptors (Lipinski definition) is 6. The fraction of sp³-hybridized carbons (Fsp3) is 0.115. The molecule has 176 valence electrons. The van der Waals surface area contributed by atoms with E-state index in [-0.39, 0.29) is 23.1 Å². The van der Waals surface area contributed by atoms with Crippen LogP contribution in [0.3, 0.4) is 0 Å². The predicted molar refractivity (Wildman–Crippen MR) is 132 cm³/mol. The molecular formula is C26H21FN4O3S. The van der Waals surface area contributed by atoms with Crippen molar-refractivity contribution in [1.29, 1.82) is 5.26 Å². The fourth-order valence-corrected chi connectivity index (χ4v) is 4.55. The Kier molecular flexibility index (Phi) is 7.33. The maximum absolute atomic E-state index is 13.3. The number of para-hydroxylation sites is 1. The summed E-state index contributed by atoms with van der Waals surface area (Å²) in [7, 11) is 0. The van der Waals surface area contributed by atoms with Gasteiger partial charge in [0.1, 0.15) is 11.6 Å². The van der Waals surface area contributed by atoms with Crippen LogP contribution in [0.1, 0.15) is 18.6 Å². The number of furan rings is 1. The third-order valence-corrected chi connectivity index (χ3v) is 6.24. The lowest BCUT2D eigenvalue weighted by molar-refractivity contribution is -0.114. The van der Waals surface area contributed by atoms with Gasteiger partial charge in [-0.1, -0.05) is 30.0 Å². The Morgan fingerprint density at radius 3 is 2.43 bits per heavy atom. The largest absolute Gasteiger partial charge is 0.468 e. The molecular weight excluding hydrogens is 467 g/mol. The van der Waals surface area contributed by atoms with E-state index in [1.165, 1.54) is 30.5 Å². The monoisotopic (exact) mass is 488 g/mol. The van der Waals surface area contributed by atoms with Crippen molar-refractivity contribution in [3.05, 3.63) is 106 Å². The molecule has 35 heavy (non-hydrogen) atoms. The van der Waals surface area contributed by atoms with Crippen molar-refractivity contribution in [3.8, 4) is 6.07 Å². The van der Waals surface area contributed by atoms with Crippen molar-refractivity contribution >= 4 is 35.0 Å². The highest BCUT2D eigenvalue weighted by Crippen LogP contribution is 2.41. The number of halogens is 1. The zero-order valence-corrected chi connectivity index (χ0v) is 19.5. The molecule has 3 N–H and O–H groups in total. The zero-order valence-electron chi connectivity index (χ0n) is 18.7. The minimum Gasteiger partial charge on any atom is -0.468 e. The highest BCUT2D eigenvalue weighted by molar-refractivity contribution is 8.03. The Morgan fingerprint density at radius 1 is 1.06 bits per heavy atom. The summed E-state index contributed by atoms with van der Waals surface area (Å²) < 4.78 is 18.7. The number of amides is 2. The molecule has 1 aliphatic rings. The van der Waals surface area contributed by atoms with Crippen LogP contribution in [0.25, 0.3) is 0 Å². The zero-order chi connectivity index (χ0) is 24.8. The van der Waals surface area contributed by atoms with Crippen molar-refractivity contribution in [2.45, 2.75) is 12.8 Å². The van der Waals surface area contributed by atoms with Crippen LogP contribution >= 0.6 is 11.8 Å². The van der Waals surface area contributed by atoms with Crippen LogP contribution in [0.4, 0.5) is 15.8 Å². The van der Waals surface area contributed by atoms with Gasteiger partial charge in [0.25, 0.3) is 5.91 Å². The molecule has 0 aliphatic carbocycles. The number of carbonyl (C=O) groups excluding carboxylic acids is 2. The van der Waals surface area contributed by atoms with Gasteiger partial charge in [-0.15, -0.1) is 0 Å². The Bertz CT molecular complexity index is 1330. The first kappa shape index (κ1) is 23.9. The number of rotatable bonds is 7. The molecule has 3 aromatic rings. The molecule has 1 atom stereocenters. The molecule has 4 rings (SSSR count). The van der Waals surface area contributed by atoms with Gasteiger partial charge in [0.05, 0.1) is 40.2 Å². The van der Waals surface area contributed by atoms with E-state index in [2.05, 4.69) is 22.0 Å². The Morgan fingerprint density at radius 2 is 1.77 bits per heavy atom. The van der Waals surface area contributed by atoms with E-state index >= 15 is 0 Å². The van der Waals surface area contributed by atoms with Crippen molar-refractivity contribution in [2.75, 3.05) is 16.4 Å². The number of benzene rings is 2. The molecule has 0 saturated carbocycles. The average molecular weight is 489 g/mol. The minimum atomic E-state index is -0.748. The fourth-order valence-electron chi connectivity index (χ4n) is 3.66. The molecule has 2 aromatic carbocycles. The van der Waals surface area contributed by atoms with Crippen molar-refractivity contribution in [1.82, 2.24) is 5.32 Å². The van der Waals surface area contributed by atoms with Gasteiger partial charge < -0.3 is 20.4 Å². The quantitative estimate of drug-likeness (QED) is 0.426. The average Bonchev–Trinajstić information content (AvgIpc) is 3.39. The van der Waals surface area contributed by atoms with Crippen molar-refractivity contribution in [2.24, 2.45) is 0 Å². The van der Waals surface area contributed by atoms with E-state index in [1.807, 2.05) is 18.2 Å². The smallest absolute Gasteiger partial charge is 0.254 e. The van der Waals surface area contributed by atoms with Gasteiger partial charge in [-0.3, -0.25) is 9.59 Å². The lowest BCUT2D eigenvalue weighted by atomic mass is 9.85. The number of nitrogens with one attached hydrogen (secondary N) is 3. The molecule has 2 heterocycles. The summed E-state index contributed by atoms with van der Waals surface area (Å²) in [5.74, 6) is -1.40. The first-order valence-electron chi connectivity index (χ1n) is 10.7. The van der Waals surface area contributed by atoms with Crippen LogP contribution in [-0.4, -0.2) is 17.6 Å². The number of hydrogen-bond donors (Lipinski definition) is 3. The highest BCUT2D eigenvalue weighted by Gasteiger charge is 2.36. The van der Waals surface area contributed by atoms with Gasteiger partial charge in [-0.2, -0.15) is 5.26 Å². The highest BCUT2D eigenvalue weighted by atomic mass is 32.2. The van der Waals surface area contributed by atoms with Crippen molar-refractivity contribution < 1.29 is 18.4 Å². The van der Waals surface area contributed by atoms with Gasteiger partial charge in [-0.05, 0) is 55.5 Å². The first-order chi connectivity index (χ1) is 17.0. The second-order valence-corrected chi connectivity index (χ2v) is 8.62. The molecule has 7 nitrogen and oxygen atoms in total. The summed E-state index contributed by atoms with van der Waals surface area (Å²) >= 11 is 1.14. The standard InChI is InChI=1S/C26H21FN4O3S/c1-16-23(25(33)31-18-6-3-2-4-7-18)24(21-8-5-13-34-21)20(14-28)26(29-16)35-15-22(32)30-19-11-9-17(27)10-12-19/h2-13,24,29H,15H2,1H3,(H,30,32)(H,31,33). The summed E-state index contributed by atoms with van der Waals surface area (Å²) in [6.45, 7) is 1.74. The molecule has 0 spiro atoms. The molecule has 0 fully saturated rings. The van der Waals surface area contributed by atoms with Crippen LogP contribution in [0.15, 0.2) is 99.3 Å². The third kappa shape index (κ3) is 5.62. The Hall–Kier alpha value is -4.29. The second-order valence-electron chi connectivity index (χ2n) is 7.63. The van der Waals surface area contributed by atoms with Crippen LogP contribution in [0, 0.1) is 17.1 Å². The lowest BCUT2D eigenvalue weighted by Crippen LogP contribution is -2.31. The molecule has 0 bridgehead atoms. The second kappa shape index (κ2) is 10.8. The number of anilines is 2. The first-order valence-corrected chi connectivity index (χ1v) is 11.6. The van der Waals surface area contributed by atoms with Crippen LogP contribution < -0.4 is 16.0 Å². The molecule has 0 radical (unpaired) electrons. The topological polar surface area (TPSA) is 107 Å². The SMILES string of the molecule is CC1=C(C(=O)Nc2ccccc2)C(c2ccco2)C(C#N)=C(SCC(=O)Nc2ccc(F)cc2)N1. The number of carbonyl (C=O) groups is 2. The Labute approximate surface area is 205 Å². The maximum atomic E-state index is 13.3. The van der Waals surface area contributed by atoms with Crippen LogP contribution in [0.2, 0.25) is 0 Å². The molecule has 2 amide bonds. The normalized spacial score (nSPS) is 15.3. The van der Waals surface area contributed by atoms with Gasteiger partial charge in [0.15, 0.2) is 0 Å². The van der Waals surface area contributed by atoms with E-state index in [0.29, 0.717) is 33.4 Å². The van der Waals surface area contributed by atoms with E-state index in [0.717, 1.165) is 11.8 Å². The molecule has 1 aromatic heterocycles. The number of allylic oxidation sites excluding steroid dienone is 2. The van der Waals surface area contributed by atoms with Gasteiger partial charge in [-0.25, -0.2) is 4.39 Å². The van der Waals surface area contributed by atoms with Crippen LogP contribution in [-0.2, 0) is 9.59 Å². The van der Waals surface area contributed by atoms with E-state index < -0.39 is 11.7 Å². The summed E-state index contributed by atoms with van der Waals surface area (Å²) in [6.07, 6.45) is 1.48. The number of nitriles is 1. The predicted octanol–water partition coefficient (Wildman–Crippen LogP) is 5.13. The van der Waals surface area contributed by atoms with Gasteiger partial charge in [0, 0.05) is 17.1 Å². The van der Waals surface area contributed by atoms with E-state index in [9.17, 15) is 19.2 Å². The minimum absolute atomic E-state index is 0.00537. The molecule has 9 heteroatoms. The van der Waals surface area contributed by atoms with E-state index in [4.69, 9.17) is 4.42 Å². The Balaban J connectivity index is 1.57. The number of thioether (sulfide) groups is 1. The summed E-state index contributed by atoms with van der Waals surface area (Å²) in [5.41, 5.74) is 2.24. The maximum Gasteiger partial charge on any atom is 0.254 e. The summed E-state index contributed by atoms with van der Waals surface area (Å²) in [6, 6.07) is 20.0. The molecule has 1 aliphatic heterocycles. The van der Waals surface area contributed by atoms with E-state index in [1.54, 1.807) is 31.2 Å². The summed E-state index contributed by atoms with van der Waals surface area (Å²) in [4.78, 5) is 25.7.